The molecule has 0 aliphatic carbocycles. The van der Waals surface area contributed by atoms with E-state index in [0.717, 1.165) is 13.1 Å². The first-order valence-corrected chi connectivity index (χ1v) is 3.79. The number of ketones is 1. The summed E-state index contributed by atoms with van der Waals surface area (Å²) >= 11 is 0. The van der Waals surface area contributed by atoms with Gasteiger partial charge in [-0.15, -0.1) is 0 Å². The predicted molar refractivity (Wildman–Crippen MR) is 40.8 cm³/mol. The van der Waals surface area contributed by atoms with Crippen molar-refractivity contribution in [1.29, 1.82) is 0 Å². The fourth-order valence-corrected chi connectivity index (χ4v) is 1.42. The Bertz CT molecular complexity index is 155. The van der Waals surface area contributed by atoms with Gasteiger partial charge in [-0.3, -0.25) is 4.79 Å². The predicted octanol–water partition coefficient (Wildman–Crippen LogP) is 0.821. The highest BCUT2D eigenvalue weighted by molar-refractivity contribution is 5.82. The van der Waals surface area contributed by atoms with E-state index >= 15 is 0 Å². The van der Waals surface area contributed by atoms with Crippen LogP contribution in [-0.2, 0) is 4.79 Å². The lowest BCUT2D eigenvalue weighted by molar-refractivity contribution is -0.126. The van der Waals surface area contributed by atoms with Gasteiger partial charge in [0.2, 0.25) is 0 Å². The maximum atomic E-state index is 11.1. The molecule has 2 heteroatoms. The van der Waals surface area contributed by atoms with Crippen molar-refractivity contribution >= 4 is 5.78 Å². The lowest BCUT2D eigenvalue weighted by atomic mass is 9.78. The molecule has 1 rings (SSSR count). The Morgan fingerprint density at radius 1 is 1.70 bits per heavy atom. The van der Waals surface area contributed by atoms with Gasteiger partial charge in [0, 0.05) is 12.0 Å². The number of carbonyl (C=O) groups excluding carboxylic acids is 1. The third-order valence-electron chi connectivity index (χ3n) is 2.83. The third-order valence-corrected chi connectivity index (χ3v) is 2.83. The molecule has 1 fully saturated rings. The highest BCUT2D eigenvalue weighted by Gasteiger charge is 2.39. The van der Waals surface area contributed by atoms with Gasteiger partial charge in [-0.2, -0.15) is 0 Å². The van der Waals surface area contributed by atoms with Crippen LogP contribution in [0.2, 0.25) is 0 Å². The Hall–Kier alpha value is -0.370. The summed E-state index contributed by atoms with van der Waals surface area (Å²) in [6, 6.07) is 0. The Balaban J connectivity index is 2.75. The number of nitrogens with one attached hydrogen (secondary N) is 1. The minimum atomic E-state index is -0.0972. The lowest BCUT2D eigenvalue weighted by Crippen LogP contribution is -2.32. The number of Topliss-reactive ketones (excluding diaryl/α,β-unsaturated/α-hetero) is 1. The van der Waals surface area contributed by atoms with Crippen LogP contribution in [0.25, 0.3) is 0 Å². The fraction of sp³-hybridized carbons (Fsp3) is 0.875. The van der Waals surface area contributed by atoms with Crippen LogP contribution >= 0.6 is 0 Å². The number of rotatable bonds is 1. The van der Waals surface area contributed by atoms with E-state index in [1.165, 1.54) is 0 Å². The van der Waals surface area contributed by atoms with E-state index < -0.39 is 0 Å². The second kappa shape index (κ2) is 2.35. The van der Waals surface area contributed by atoms with E-state index in [1.807, 2.05) is 6.92 Å². The van der Waals surface area contributed by atoms with Crippen molar-refractivity contribution in [3.05, 3.63) is 0 Å². The van der Waals surface area contributed by atoms with E-state index in [0.29, 0.717) is 11.7 Å². The number of hydrogen-bond donors (Lipinski definition) is 1. The molecule has 0 bridgehead atoms. The Labute approximate surface area is 62.0 Å². The lowest BCUT2D eigenvalue weighted by Gasteiger charge is -2.24. The van der Waals surface area contributed by atoms with Crippen LogP contribution in [0.5, 0.6) is 0 Å². The fourth-order valence-electron chi connectivity index (χ4n) is 1.42. The first kappa shape index (κ1) is 7.73. The molecule has 58 valence electrons. The first-order valence-electron chi connectivity index (χ1n) is 3.79. The van der Waals surface area contributed by atoms with Crippen LogP contribution in [0.3, 0.4) is 0 Å². The Morgan fingerprint density at radius 2 is 2.30 bits per heavy atom. The zero-order chi connectivity index (χ0) is 7.78. The van der Waals surface area contributed by atoms with Crippen molar-refractivity contribution in [2.24, 2.45) is 11.3 Å². The molecule has 2 nitrogen and oxygen atoms in total. The summed E-state index contributed by atoms with van der Waals surface area (Å²) < 4.78 is 0. The van der Waals surface area contributed by atoms with Crippen molar-refractivity contribution in [2.45, 2.75) is 20.8 Å². The van der Waals surface area contributed by atoms with Gasteiger partial charge >= 0.3 is 0 Å². The summed E-state index contributed by atoms with van der Waals surface area (Å²) in [5.74, 6) is 0.801. The molecule has 1 saturated heterocycles. The highest BCUT2D eigenvalue weighted by atomic mass is 16.1. The summed E-state index contributed by atoms with van der Waals surface area (Å²) in [7, 11) is 0. The molecule has 2 unspecified atom stereocenters. The van der Waals surface area contributed by atoms with E-state index in [2.05, 4.69) is 12.2 Å². The standard InChI is InChI=1S/C8H15NO/c1-6-4-9-5-8(6,3)7(2)10/h6,9H,4-5H2,1-3H3. The molecule has 0 spiro atoms. The van der Waals surface area contributed by atoms with Crippen LogP contribution in [0.1, 0.15) is 20.8 Å². The monoisotopic (exact) mass is 141 g/mol. The van der Waals surface area contributed by atoms with Crippen LogP contribution in [0.15, 0.2) is 0 Å². The van der Waals surface area contributed by atoms with Gasteiger partial charge in [0.1, 0.15) is 5.78 Å². The van der Waals surface area contributed by atoms with E-state index in [9.17, 15) is 4.79 Å². The van der Waals surface area contributed by atoms with Gasteiger partial charge in [0.05, 0.1) is 0 Å². The molecule has 0 radical (unpaired) electrons. The molecule has 0 aromatic heterocycles. The van der Waals surface area contributed by atoms with Gasteiger partial charge in [0.15, 0.2) is 0 Å². The van der Waals surface area contributed by atoms with Crippen LogP contribution in [0.4, 0.5) is 0 Å². The molecule has 2 atom stereocenters. The number of hydrogen-bond acceptors (Lipinski definition) is 2. The molecule has 1 heterocycles. The third kappa shape index (κ3) is 0.966. The van der Waals surface area contributed by atoms with E-state index in [1.54, 1.807) is 6.92 Å². The van der Waals surface area contributed by atoms with Gasteiger partial charge in [0.25, 0.3) is 0 Å². The maximum Gasteiger partial charge on any atom is 0.137 e. The van der Waals surface area contributed by atoms with Crippen LogP contribution < -0.4 is 5.32 Å². The van der Waals surface area contributed by atoms with Crippen molar-refractivity contribution in [3.63, 3.8) is 0 Å². The molecule has 1 aliphatic heterocycles. The smallest absolute Gasteiger partial charge is 0.137 e. The van der Waals surface area contributed by atoms with E-state index in [4.69, 9.17) is 0 Å². The summed E-state index contributed by atoms with van der Waals surface area (Å²) in [5, 5.41) is 3.22. The van der Waals surface area contributed by atoms with Crippen molar-refractivity contribution in [1.82, 2.24) is 5.32 Å². The summed E-state index contributed by atoms with van der Waals surface area (Å²) in [6.07, 6.45) is 0. The molecule has 1 aliphatic rings. The largest absolute Gasteiger partial charge is 0.315 e. The zero-order valence-corrected chi connectivity index (χ0v) is 6.90. The van der Waals surface area contributed by atoms with Crippen LogP contribution in [0, 0.1) is 11.3 Å². The molecule has 0 amide bonds. The second-order valence-electron chi connectivity index (χ2n) is 3.51. The van der Waals surface area contributed by atoms with Crippen LogP contribution in [-0.4, -0.2) is 18.9 Å². The minimum Gasteiger partial charge on any atom is -0.315 e. The molecule has 0 saturated carbocycles. The van der Waals surface area contributed by atoms with Gasteiger partial charge in [-0.1, -0.05) is 13.8 Å². The summed E-state index contributed by atoms with van der Waals surface area (Å²) in [6.45, 7) is 7.68. The van der Waals surface area contributed by atoms with Crippen molar-refractivity contribution in [3.8, 4) is 0 Å². The number of carbonyl (C=O) groups is 1. The molecule has 0 aromatic rings. The summed E-state index contributed by atoms with van der Waals surface area (Å²) in [5.41, 5.74) is -0.0972. The SMILES string of the molecule is CC(=O)C1(C)CNCC1C. The maximum absolute atomic E-state index is 11.1. The molecule has 1 N–H and O–H groups in total. The van der Waals surface area contributed by atoms with Gasteiger partial charge < -0.3 is 5.32 Å². The normalized spacial score (nSPS) is 40.1. The van der Waals surface area contributed by atoms with Gasteiger partial charge in [-0.25, -0.2) is 0 Å². The zero-order valence-electron chi connectivity index (χ0n) is 6.90. The molecule has 10 heavy (non-hydrogen) atoms. The molecular weight excluding hydrogens is 126 g/mol. The second-order valence-corrected chi connectivity index (χ2v) is 3.51. The minimum absolute atomic E-state index is 0.0972. The van der Waals surface area contributed by atoms with Gasteiger partial charge in [-0.05, 0) is 19.4 Å². The van der Waals surface area contributed by atoms with Crippen molar-refractivity contribution < 1.29 is 4.79 Å². The topological polar surface area (TPSA) is 29.1 Å². The molecular formula is C8H15NO. The Kier molecular flexibility index (Phi) is 1.82. The van der Waals surface area contributed by atoms with E-state index in [-0.39, 0.29) is 5.41 Å². The average molecular weight is 141 g/mol. The quantitative estimate of drug-likeness (QED) is 0.585. The average Bonchev–Trinajstić information content (AvgIpc) is 2.15. The highest BCUT2D eigenvalue weighted by Crippen LogP contribution is 2.31. The van der Waals surface area contributed by atoms with Crippen molar-refractivity contribution in [2.75, 3.05) is 13.1 Å². The summed E-state index contributed by atoms with van der Waals surface area (Å²) in [4.78, 5) is 11.1. The first-order chi connectivity index (χ1) is 4.57. The molecule has 0 aromatic carbocycles. The Morgan fingerprint density at radius 3 is 2.50 bits per heavy atom.